The van der Waals surface area contributed by atoms with Crippen LogP contribution in [0.15, 0.2) is 66.7 Å². The molecule has 0 aromatic heterocycles. The fourth-order valence-electron chi connectivity index (χ4n) is 6.40. The summed E-state index contributed by atoms with van der Waals surface area (Å²) in [4.78, 5) is 53.2. The standard InChI is InChI=1S/C30H26N2O5/c1-16-8-7-9-17(2)28(16)31-22(33)15-37-23(34)14-32-29(35)26-24-18-10-3-4-11-19(18)25(27(26)30(32)36)21-13-6-5-12-20(21)24/h3-13,24-27H,14-15H2,1-2H3,(H,31,33)/t24?,25?,26-,27+. The lowest BCUT2D eigenvalue weighted by Gasteiger charge is -2.45. The highest BCUT2D eigenvalue weighted by molar-refractivity contribution is 6.09. The summed E-state index contributed by atoms with van der Waals surface area (Å²) in [5.74, 6) is -3.56. The lowest BCUT2D eigenvalue weighted by molar-refractivity contribution is -0.154. The molecular weight excluding hydrogens is 468 g/mol. The normalized spacial score (nSPS) is 22.8. The van der Waals surface area contributed by atoms with E-state index in [4.69, 9.17) is 4.74 Å². The van der Waals surface area contributed by atoms with Crippen LogP contribution in [-0.4, -0.2) is 41.7 Å². The summed E-state index contributed by atoms with van der Waals surface area (Å²) in [6.45, 7) is 2.75. The van der Waals surface area contributed by atoms with Crippen LogP contribution in [0.5, 0.6) is 0 Å². The van der Waals surface area contributed by atoms with Gasteiger partial charge in [-0.15, -0.1) is 0 Å². The van der Waals surface area contributed by atoms with Crippen molar-refractivity contribution in [2.75, 3.05) is 18.5 Å². The Hall–Kier alpha value is -4.26. The Morgan fingerprint density at radius 1 is 0.757 bits per heavy atom. The average molecular weight is 495 g/mol. The van der Waals surface area contributed by atoms with Crippen LogP contribution in [0.4, 0.5) is 5.69 Å². The van der Waals surface area contributed by atoms with E-state index in [1.165, 1.54) is 0 Å². The van der Waals surface area contributed by atoms with Crippen LogP contribution in [0.1, 0.15) is 45.2 Å². The van der Waals surface area contributed by atoms with Gasteiger partial charge in [0.2, 0.25) is 11.8 Å². The van der Waals surface area contributed by atoms with Gasteiger partial charge in [0.1, 0.15) is 6.54 Å². The lowest BCUT2D eigenvalue weighted by Crippen LogP contribution is -2.41. The van der Waals surface area contributed by atoms with Crippen LogP contribution in [0.2, 0.25) is 0 Å². The van der Waals surface area contributed by atoms with Crippen molar-refractivity contribution in [1.82, 2.24) is 4.90 Å². The van der Waals surface area contributed by atoms with Gasteiger partial charge < -0.3 is 10.1 Å². The van der Waals surface area contributed by atoms with Gasteiger partial charge in [-0.05, 0) is 47.2 Å². The molecule has 3 aromatic rings. The summed E-state index contributed by atoms with van der Waals surface area (Å²) in [6.07, 6.45) is 0. The predicted octanol–water partition coefficient (Wildman–Crippen LogP) is 3.68. The summed E-state index contributed by atoms with van der Waals surface area (Å²) in [5, 5.41) is 2.76. The zero-order valence-electron chi connectivity index (χ0n) is 20.6. The first-order valence-electron chi connectivity index (χ1n) is 12.4. The molecule has 3 amide bonds. The number of hydrogen-bond acceptors (Lipinski definition) is 5. The van der Waals surface area contributed by atoms with Gasteiger partial charge in [0, 0.05) is 17.5 Å². The first-order chi connectivity index (χ1) is 17.9. The molecule has 2 bridgehead atoms. The topological polar surface area (TPSA) is 92.8 Å². The molecule has 37 heavy (non-hydrogen) atoms. The third kappa shape index (κ3) is 3.56. The summed E-state index contributed by atoms with van der Waals surface area (Å²) in [6, 6.07) is 21.6. The molecule has 0 radical (unpaired) electrons. The number of hydrogen-bond donors (Lipinski definition) is 1. The van der Waals surface area contributed by atoms with Crippen LogP contribution in [0, 0.1) is 25.7 Å². The second-order valence-electron chi connectivity index (χ2n) is 10.0. The fraction of sp³-hybridized carbons (Fsp3) is 0.267. The molecule has 1 saturated heterocycles. The van der Waals surface area contributed by atoms with Crippen molar-refractivity contribution in [2.45, 2.75) is 25.7 Å². The van der Waals surface area contributed by atoms with Crippen molar-refractivity contribution < 1.29 is 23.9 Å². The zero-order chi connectivity index (χ0) is 25.8. The number of anilines is 1. The van der Waals surface area contributed by atoms with E-state index in [1.54, 1.807) is 0 Å². The number of carbonyl (C=O) groups excluding carboxylic acids is 4. The molecule has 186 valence electrons. The van der Waals surface area contributed by atoms with E-state index >= 15 is 0 Å². The highest BCUT2D eigenvalue weighted by Gasteiger charge is 2.61. The molecule has 2 atom stereocenters. The number of imide groups is 1. The van der Waals surface area contributed by atoms with Gasteiger partial charge in [0.15, 0.2) is 6.61 Å². The third-order valence-corrected chi connectivity index (χ3v) is 7.94. The van der Waals surface area contributed by atoms with E-state index in [2.05, 4.69) is 5.32 Å². The van der Waals surface area contributed by atoms with E-state index < -0.39 is 36.9 Å². The molecule has 0 spiro atoms. The summed E-state index contributed by atoms with van der Waals surface area (Å²) >= 11 is 0. The molecule has 1 aliphatic heterocycles. The van der Waals surface area contributed by atoms with Crippen molar-refractivity contribution >= 4 is 29.4 Å². The maximum absolute atomic E-state index is 13.6. The second kappa shape index (κ2) is 8.69. The smallest absolute Gasteiger partial charge is 0.326 e. The van der Waals surface area contributed by atoms with Crippen LogP contribution >= 0.6 is 0 Å². The molecule has 0 unspecified atom stereocenters. The van der Waals surface area contributed by atoms with Crippen molar-refractivity contribution in [2.24, 2.45) is 11.8 Å². The Balaban J connectivity index is 1.19. The molecule has 3 aromatic carbocycles. The monoisotopic (exact) mass is 494 g/mol. The van der Waals surface area contributed by atoms with Crippen molar-refractivity contribution in [3.63, 3.8) is 0 Å². The number of nitrogens with zero attached hydrogens (tertiary/aromatic N) is 1. The number of likely N-dealkylation sites (tertiary alicyclic amines) is 1. The number of amides is 3. The maximum Gasteiger partial charge on any atom is 0.326 e. The number of ether oxygens (including phenoxy) is 1. The SMILES string of the molecule is Cc1cccc(C)c1NC(=O)COC(=O)CN1C(=O)[C@@H]2C3c4ccccc4C(c4ccccc43)[C@@H]2C1=O. The van der Waals surface area contributed by atoms with Gasteiger partial charge in [-0.1, -0.05) is 66.7 Å². The maximum atomic E-state index is 13.6. The summed E-state index contributed by atoms with van der Waals surface area (Å²) in [5.41, 5.74) is 6.75. The predicted molar refractivity (Wildman–Crippen MR) is 136 cm³/mol. The zero-order valence-corrected chi connectivity index (χ0v) is 20.6. The van der Waals surface area contributed by atoms with Gasteiger partial charge in [0.05, 0.1) is 11.8 Å². The number of benzene rings is 3. The Kier molecular flexibility index (Phi) is 5.44. The van der Waals surface area contributed by atoms with E-state index in [-0.39, 0.29) is 23.7 Å². The van der Waals surface area contributed by atoms with Crippen LogP contribution in [0.25, 0.3) is 0 Å². The molecule has 1 fully saturated rings. The second-order valence-corrected chi connectivity index (χ2v) is 10.0. The Labute approximate surface area is 214 Å². The molecular formula is C30H26N2O5. The van der Waals surface area contributed by atoms with E-state index in [1.807, 2.05) is 80.6 Å². The largest absolute Gasteiger partial charge is 0.454 e. The van der Waals surface area contributed by atoms with Crippen molar-refractivity contribution in [3.05, 3.63) is 100 Å². The van der Waals surface area contributed by atoms with Crippen LogP contribution < -0.4 is 5.32 Å². The average Bonchev–Trinajstić information content (AvgIpc) is 3.15. The molecule has 4 aliphatic rings. The molecule has 1 N–H and O–H groups in total. The molecule has 1 heterocycles. The highest BCUT2D eigenvalue weighted by Crippen LogP contribution is 2.60. The Bertz CT molecular complexity index is 1340. The molecule has 7 heteroatoms. The lowest BCUT2D eigenvalue weighted by atomic mass is 9.55. The number of rotatable bonds is 5. The summed E-state index contributed by atoms with van der Waals surface area (Å²) < 4.78 is 5.16. The molecule has 7 rings (SSSR count). The van der Waals surface area contributed by atoms with Crippen LogP contribution in [-0.2, 0) is 23.9 Å². The van der Waals surface area contributed by atoms with Gasteiger partial charge in [-0.25, -0.2) is 0 Å². The first kappa shape index (κ1) is 23.2. The quantitative estimate of drug-likeness (QED) is 0.432. The van der Waals surface area contributed by atoms with Crippen molar-refractivity contribution in [3.8, 4) is 0 Å². The summed E-state index contributed by atoms with van der Waals surface area (Å²) in [7, 11) is 0. The van der Waals surface area contributed by atoms with Gasteiger partial charge in [-0.3, -0.25) is 24.1 Å². The molecule has 7 nitrogen and oxygen atoms in total. The number of carbonyl (C=O) groups is 4. The number of esters is 1. The third-order valence-electron chi connectivity index (χ3n) is 7.94. The van der Waals surface area contributed by atoms with Crippen LogP contribution in [0.3, 0.4) is 0 Å². The number of nitrogens with one attached hydrogen (secondary N) is 1. The number of para-hydroxylation sites is 1. The Morgan fingerprint density at radius 2 is 1.22 bits per heavy atom. The Morgan fingerprint density at radius 3 is 1.68 bits per heavy atom. The minimum Gasteiger partial charge on any atom is -0.454 e. The van der Waals surface area contributed by atoms with Gasteiger partial charge >= 0.3 is 5.97 Å². The molecule has 3 aliphatic carbocycles. The first-order valence-corrected chi connectivity index (χ1v) is 12.4. The van der Waals surface area contributed by atoms with E-state index in [0.29, 0.717) is 5.69 Å². The van der Waals surface area contributed by atoms with Gasteiger partial charge in [-0.2, -0.15) is 0 Å². The minimum atomic E-state index is -0.792. The minimum absolute atomic E-state index is 0.233. The van der Waals surface area contributed by atoms with Gasteiger partial charge in [0.25, 0.3) is 5.91 Å². The van der Waals surface area contributed by atoms with Crippen molar-refractivity contribution in [1.29, 1.82) is 0 Å². The van der Waals surface area contributed by atoms with E-state index in [9.17, 15) is 19.2 Å². The fourth-order valence-corrected chi connectivity index (χ4v) is 6.40. The van der Waals surface area contributed by atoms with E-state index in [0.717, 1.165) is 38.3 Å². The molecule has 0 saturated carbocycles. The highest BCUT2D eigenvalue weighted by atomic mass is 16.5. The number of aryl methyl sites for hydroxylation is 2.